The van der Waals surface area contributed by atoms with Crippen molar-refractivity contribution < 1.29 is 4.79 Å². The molecule has 0 fully saturated rings. The average Bonchev–Trinajstić information content (AvgIpc) is 2.82. The maximum absolute atomic E-state index is 12.4. The van der Waals surface area contributed by atoms with E-state index in [2.05, 4.69) is 15.5 Å². The Hall–Kier alpha value is -2.22. The monoisotopic (exact) mass is 292 g/mol. The number of anilines is 1. The first kappa shape index (κ1) is 14.2. The molecule has 0 saturated heterocycles. The summed E-state index contributed by atoms with van der Waals surface area (Å²) in [5, 5.41) is 11.1. The van der Waals surface area contributed by atoms with Crippen molar-refractivity contribution in [1.82, 2.24) is 19.6 Å². The zero-order valence-electron chi connectivity index (χ0n) is 11.8. The summed E-state index contributed by atoms with van der Waals surface area (Å²) in [5.74, 6) is 0.222. The molecule has 20 heavy (non-hydrogen) atoms. The highest BCUT2D eigenvalue weighted by Gasteiger charge is 2.20. The van der Waals surface area contributed by atoms with Gasteiger partial charge in [0, 0.05) is 19.8 Å². The molecule has 0 radical (unpaired) electrons. The number of nitrogens with one attached hydrogen (secondary N) is 1. The minimum Gasteiger partial charge on any atom is -0.389 e. The van der Waals surface area contributed by atoms with Crippen LogP contribution in [0.1, 0.15) is 27.3 Å². The fourth-order valence-corrected chi connectivity index (χ4v) is 2.19. The molecular formula is C12H16N6OS. The molecule has 1 amide bonds. The molecular weight excluding hydrogens is 276 g/mol. The van der Waals surface area contributed by atoms with Gasteiger partial charge in [-0.2, -0.15) is 10.2 Å². The van der Waals surface area contributed by atoms with Crippen LogP contribution in [-0.4, -0.2) is 30.5 Å². The average molecular weight is 292 g/mol. The van der Waals surface area contributed by atoms with Gasteiger partial charge in [-0.05, 0) is 13.8 Å². The van der Waals surface area contributed by atoms with Gasteiger partial charge in [-0.3, -0.25) is 14.2 Å². The number of nitrogens with zero attached hydrogens (tertiary/aromatic N) is 4. The molecule has 2 heterocycles. The number of carbonyl (C=O) groups excluding carboxylic acids is 1. The Balaban J connectivity index is 2.38. The van der Waals surface area contributed by atoms with Crippen LogP contribution >= 0.6 is 12.2 Å². The molecule has 0 aliphatic carbocycles. The van der Waals surface area contributed by atoms with Crippen molar-refractivity contribution >= 4 is 28.9 Å². The van der Waals surface area contributed by atoms with Crippen molar-refractivity contribution in [3.8, 4) is 0 Å². The number of aryl methyl sites for hydroxylation is 3. The van der Waals surface area contributed by atoms with E-state index in [-0.39, 0.29) is 10.9 Å². The second-order valence-electron chi connectivity index (χ2n) is 4.52. The van der Waals surface area contributed by atoms with Crippen LogP contribution in [0.25, 0.3) is 0 Å². The summed E-state index contributed by atoms with van der Waals surface area (Å²) in [6, 6.07) is 0. The van der Waals surface area contributed by atoms with E-state index in [0.29, 0.717) is 22.6 Å². The highest BCUT2D eigenvalue weighted by molar-refractivity contribution is 7.80. The van der Waals surface area contributed by atoms with E-state index in [1.54, 1.807) is 25.7 Å². The molecule has 106 valence electrons. The van der Waals surface area contributed by atoms with Crippen molar-refractivity contribution in [2.24, 2.45) is 19.8 Å². The highest BCUT2D eigenvalue weighted by atomic mass is 32.1. The Labute approximate surface area is 121 Å². The van der Waals surface area contributed by atoms with E-state index in [0.717, 1.165) is 5.69 Å². The van der Waals surface area contributed by atoms with Crippen LogP contribution in [0.2, 0.25) is 0 Å². The maximum atomic E-state index is 12.4. The molecule has 8 heteroatoms. The Morgan fingerprint density at radius 2 is 2.00 bits per heavy atom. The summed E-state index contributed by atoms with van der Waals surface area (Å²) in [5.41, 5.74) is 8.16. The Morgan fingerprint density at radius 3 is 2.50 bits per heavy atom. The quantitative estimate of drug-likeness (QED) is 0.811. The normalized spacial score (nSPS) is 10.6. The molecule has 0 aliphatic rings. The molecule has 2 aromatic rings. The third kappa shape index (κ3) is 2.29. The van der Waals surface area contributed by atoms with Gasteiger partial charge >= 0.3 is 0 Å². The number of hydrogen-bond donors (Lipinski definition) is 2. The molecule has 0 spiro atoms. The topological polar surface area (TPSA) is 90.8 Å². The summed E-state index contributed by atoms with van der Waals surface area (Å²) in [4.78, 5) is 12.6. The van der Waals surface area contributed by atoms with Gasteiger partial charge in [0.05, 0.1) is 23.0 Å². The van der Waals surface area contributed by atoms with Crippen LogP contribution in [0.5, 0.6) is 0 Å². The Morgan fingerprint density at radius 1 is 1.35 bits per heavy atom. The molecule has 2 aromatic heterocycles. The lowest BCUT2D eigenvalue weighted by Crippen LogP contribution is -2.19. The lowest BCUT2D eigenvalue weighted by Gasteiger charge is -2.08. The van der Waals surface area contributed by atoms with Gasteiger partial charge in [0.2, 0.25) is 0 Å². The van der Waals surface area contributed by atoms with Gasteiger partial charge in [-0.15, -0.1) is 0 Å². The largest absolute Gasteiger partial charge is 0.389 e. The zero-order chi connectivity index (χ0) is 15.0. The van der Waals surface area contributed by atoms with Gasteiger partial charge in [0.1, 0.15) is 10.8 Å². The Kier molecular flexibility index (Phi) is 3.58. The fraction of sp³-hybridized carbons (Fsp3) is 0.333. The maximum Gasteiger partial charge on any atom is 0.260 e. The van der Waals surface area contributed by atoms with Crippen molar-refractivity contribution in [2.75, 3.05) is 5.32 Å². The van der Waals surface area contributed by atoms with Crippen molar-refractivity contribution in [2.45, 2.75) is 13.8 Å². The fourth-order valence-electron chi connectivity index (χ4n) is 2.04. The molecule has 0 saturated carbocycles. The number of nitrogens with two attached hydrogens (primary N) is 1. The molecule has 2 rings (SSSR count). The predicted octanol–water partition coefficient (Wildman–Crippen LogP) is 0.657. The van der Waals surface area contributed by atoms with E-state index >= 15 is 0 Å². The number of amides is 1. The van der Waals surface area contributed by atoms with Gasteiger partial charge < -0.3 is 11.1 Å². The Bertz CT molecular complexity index is 699. The minimum atomic E-state index is -0.255. The van der Waals surface area contributed by atoms with Crippen molar-refractivity contribution in [3.63, 3.8) is 0 Å². The van der Waals surface area contributed by atoms with Crippen LogP contribution in [0, 0.1) is 13.8 Å². The number of thiocarbonyl (C=S) groups is 1. The predicted molar refractivity (Wildman–Crippen MR) is 79.7 cm³/mol. The van der Waals surface area contributed by atoms with E-state index in [9.17, 15) is 4.79 Å². The first-order chi connectivity index (χ1) is 9.32. The van der Waals surface area contributed by atoms with E-state index in [1.165, 1.54) is 10.9 Å². The van der Waals surface area contributed by atoms with Gasteiger partial charge in [0.25, 0.3) is 5.91 Å². The van der Waals surface area contributed by atoms with Gasteiger partial charge in [0.15, 0.2) is 0 Å². The summed E-state index contributed by atoms with van der Waals surface area (Å²) in [6.07, 6.45) is 1.53. The van der Waals surface area contributed by atoms with Crippen molar-refractivity contribution in [3.05, 3.63) is 28.7 Å². The van der Waals surface area contributed by atoms with Crippen LogP contribution < -0.4 is 11.1 Å². The summed E-state index contributed by atoms with van der Waals surface area (Å²) >= 11 is 4.94. The number of rotatable bonds is 3. The number of hydrogen-bond acceptors (Lipinski definition) is 4. The van der Waals surface area contributed by atoms with Gasteiger partial charge in [-0.25, -0.2) is 0 Å². The van der Waals surface area contributed by atoms with Crippen LogP contribution in [0.15, 0.2) is 6.20 Å². The molecule has 0 aliphatic heterocycles. The summed E-state index contributed by atoms with van der Waals surface area (Å²) in [7, 11) is 3.50. The summed E-state index contributed by atoms with van der Waals surface area (Å²) in [6.45, 7) is 3.63. The second-order valence-corrected chi connectivity index (χ2v) is 4.96. The zero-order valence-corrected chi connectivity index (χ0v) is 12.6. The SMILES string of the molecule is Cc1nn(C)c(C)c1C(=O)Nc1c(C(N)=S)cnn1C. The van der Waals surface area contributed by atoms with Crippen LogP contribution in [0.3, 0.4) is 0 Å². The third-order valence-corrected chi connectivity index (χ3v) is 3.39. The number of aromatic nitrogens is 4. The first-order valence-electron chi connectivity index (χ1n) is 5.96. The molecule has 0 atom stereocenters. The molecule has 0 bridgehead atoms. The van der Waals surface area contributed by atoms with Crippen LogP contribution in [-0.2, 0) is 14.1 Å². The van der Waals surface area contributed by atoms with Gasteiger partial charge in [-0.1, -0.05) is 12.2 Å². The van der Waals surface area contributed by atoms with Crippen LogP contribution in [0.4, 0.5) is 5.82 Å². The lowest BCUT2D eigenvalue weighted by atomic mass is 10.2. The molecule has 0 aromatic carbocycles. The van der Waals surface area contributed by atoms with Crippen molar-refractivity contribution in [1.29, 1.82) is 0 Å². The number of carbonyl (C=O) groups is 1. The lowest BCUT2D eigenvalue weighted by molar-refractivity contribution is 0.102. The molecule has 7 nitrogen and oxygen atoms in total. The van der Waals surface area contributed by atoms with E-state index in [4.69, 9.17) is 18.0 Å². The standard InChI is InChI=1S/C12H16N6OS/c1-6-9(7(2)17(3)16-6)12(19)15-11-8(10(13)20)5-14-18(11)4/h5H,1-4H3,(H2,13,20)(H,15,19). The second kappa shape index (κ2) is 5.04. The minimum absolute atomic E-state index is 0.188. The van der Waals surface area contributed by atoms with E-state index < -0.39 is 0 Å². The smallest absolute Gasteiger partial charge is 0.260 e. The third-order valence-electron chi connectivity index (χ3n) is 3.17. The molecule has 3 N–H and O–H groups in total. The highest BCUT2D eigenvalue weighted by Crippen LogP contribution is 2.18. The molecule has 0 unspecified atom stereocenters. The van der Waals surface area contributed by atoms with E-state index in [1.807, 2.05) is 6.92 Å². The first-order valence-corrected chi connectivity index (χ1v) is 6.37. The summed E-state index contributed by atoms with van der Waals surface area (Å²) < 4.78 is 3.19.